The first-order chi connectivity index (χ1) is 10.3. The zero-order chi connectivity index (χ0) is 14.7. The normalized spacial score (nSPS) is 17.8. The molecule has 3 heterocycles. The fourth-order valence-corrected chi connectivity index (χ4v) is 2.71. The van der Waals surface area contributed by atoms with Gasteiger partial charge >= 0.3 is 5.97 Å². The summed E-state index contributed by atoms with van der Waals surface area (Å²) in [6, 6.07) is 2.25. The third-order valence-electron chi connectivity index (χ3n) is 3.73. The molecule has 0 saturated carbocycles. The number of fused-ring (bicyclic) bond motifs is 1. The van der Waals surface area contributed by atoms with E-state index in [1.807, 2.05) is 12.3 Å². The summed E-state index contributed by atoms with van der Waals surface area (Å²) in [4.78, 5) is 19.5. The molecule has 3 N–H and O–H groups in total. The lowest BCUT2D eigenvalue weighted by Gasteiger charge is -2.26. The predicted octanol–water partition coefficient (Wildman–Crippen LogP) is 2.33. The quantitative estimate of drug-likeness (QED) is 0.752. The van der Waals surface area contributed by atoms with Crippen molar-refractivity contribution in [2.75, 3.05) is 25.0 Å². The minimum atomic E-state index is -0.334. The van der Waals surface area contributed by atoms with Crippen LogP contribution in [0, 0.1) is 0 Å². The van der Waals surface area contributed by atoms with Gasteiger partial charge in [0.1, 0.15) is 11.2 Å². The van der Waals surface area contributed by atoms with E-state index in [1.165, 1.54) is 0 Å². The molecular weight excluding hydrogens is 304 g/mol. The molecule has 0 bridgehead atoms. The van der Waals surface area contributed by atoms with E-state index < -0.39 is 0 Å². The van der Waals surface area contributed by atoms with Crippen LogP contribution in [0.5, 0.6) is 0 Å². The Morgan fingerprint density at radius 2 is 2.41 bits per heavy atom. The van der Waals surface area contributed by atoms with Crippen LogP contribution < -0.4 is 10.6 Å². The van der Waals surface area contributed by atoms with Crippen LogP contribution in [-0.2, 0) is 4.74 Å². The molecule has 0 unspecified atom stereocenters. The Hall–Kier alpha value is -1.79. The van der Waals surface area contributed by atoms with Gasteiger partial charge in [0.15, 0.2) is 0 Å². The Morgan fingerprint density at radius 3 is 3.14 bits per heavy atom. The van der Waals surface area contributed by atoms with Gasteiger partial charge in [-0.1, -0.05) is 0 Å². The van der Waals surface area contributed by atoms with Crippen molar-refractivity contribution < 1.29 is 9.53 Å². The highest BCUT2D eigenvalue weighted by Gasteiger charge is 2.20. The summed E-state index contributed by atoms with van der Waals surface area (Å²) >= 11 is 0. The Balaban J connectivity index is 0.00000176. The second-order valence-electron chi connectivity index (χ2n) is 5.19. The lowest BCUT2D eigenvalue weighted by Crippen LogP contribution is -2.38. The average Bonchev–Trinajstić information content (AvgIpc) is 2.98. The number of aromatic amines is 1. The molecule has 0 aliphatic carbocycles. The number of halogens is 1. The molecule has 2 aromatic heterocycles. The molecule has 120 valence electrons. The van der Waals surface area contributed by atoms with Gasteiger partial charge in [-0.3, -0.25) is 0 Å². The summed E-state index contributed by atoms with van der Waals surface area (Å²) in [5.41, 5.74) is 2.08. The Kier molecular flexibility index (Phi) is 5.63. The van der Waals surface area contributed by atoms with E-state index >= 15 is 0 Å². The van der Waals surface area contributed by atoms with E-state index in [0.717, 1.165) is 42.7 Å². The number of pyridine rings is 1. The van der Waals surface area contributed by atoms with E-state index in [9.17, 15) is 4.79 Å². The maximum atomic E-state index is 12.1. The third-order valence-corrected chi connectivity index (χ3v) is 3.73. The maximum Gasteiger partial charge on any atom is 0.341 e. The number of piperidine rings is 1. The molecule has 2 aromatic rings. The number of rotatable bonds is 4. The van der Waals surface area contributed by atoms with Gasteiger partial charge in [-0.25, -0.2) is 9.78 Å². The lowest BCUT2D eigenvalue weighted by molar-refractivity contribution is 0.0527. The highest BCUT2D eigenvalue weighted by Crippen LogP contribution is 2.27. The molecule has 1 saturated heterocycles. The van der Waals surface area contributed by atoms with Crippen molar-refractivity contribution in [2.24, 2.45) is 0 Å². The van der Waals surface area contributed by atoms with Crippen LogP contribution in [0.4, 0.5) is 5.69 Å². The van der Waals surface area contributed by atoms with E-state index in [4.69, 9.17) is 4.74 Å². The Bertz CT molecular complexity index is 638. The second-order valence-corrected chi connectivity index (χ2v) is 5.19. The fraction of sp³-hybridized carbons (Fsp3) is 0.467. The molecule has 0 amide bonds. The lowest BCUT2D eigenvalue weighted by atomic mass is 10.1. The number of ether oxygens (including phenoxy) is 1. The van der Waals surface area contributed by atoms with Gasteiger partial charge in [-0.05, 0) is 32.4 Å². The number of esters is 1. The van der Waals surface area contributed by atoms with Gasteiger partial charge in [-0.2, -0.15) is 0 Å². The summed E-state index contributed by atoms with van der Waals surface area (Å²) in [5.74, 6) is -0.334. The molecule has 0 radical (unpaired) electrons. The first-order valence-corrected chi connectivity index (χ1v) is 7.40. The number of nitrogens with zero attached hydrogens (tertiary/aromatic N) is 1. The second kappa shape index (κ2) is 7.47. The number of H-pyrrole nitrogens is 1. The van der Waals surface area contributed by atoms with Crippen molar-refractivity contribution in [3.63, 3.8) is 0 Å². The summed E-state index contributed by atoms with van der Waals surface area (Å²) in [6.45, 7) is 4.11. The third kappa shape index (κ3) is 3.34. The summed E-state index contributed by atoms with van der Waals surface area (Å²) in [7, 11) is 0. The summed E-state index contributed by atoms with van der Waals surface area (Å²) in [5, 5.41) is 7.79. The van der Waals surface area contributed by atoms with Crippen LogP contribution >= 0.6 is 12.4 Å². The number of nitrogens with one attached hydrogen (secondary N) is 3. The molecule has 6 nitrogen and oxygen atoms in total. The number of carbonyl (C=O) groups excluding carboxylic acids is 1. The molecule has 22 heavy (non-hydrogen) atoms. The zero-order valence-corrected chi connectivity index (χ0v) is 13.3. The molecule has 0 aromatic carbocycles. The molecule has 1 atom stereocenters. The highest BCUT2D eigenvalue weighted by molar-refractivity contribution is 6.04. The van der Waals surface area contributed by atoms with Crippen LogP contribution in [0.3, 0.4) is 0 Å². The molecular formula is C15H21ClN4O2. The van der Waals surface area contributed by atoms with Gasteiger partial charge in [-0.15, -0.1) is 12.4 Å². The average molecular weight is 325 g/mol. The van der Waals surface area contributed by atoms with Crippen LogP contribution in [0.15, 0.2) is 18.5 Å². The van der Waals surface area contributed by atoms with E-state index in [-0.39, 0.29) is 18.4 Å². The van der Waals surface area contributed by atoms with Crippen LogP contribution in [0.1, 0.15) is 30.1 Å². The number of hydrogen-bond acceptors (Lipinski definition) is 5. The van der Waals surface area contributed by atoms with Crippen molar-refractivity contribution in [1.82, 2.24) is 15.3 Å². The number of aromatic nitrogens is 2. The van der Waals surface area contributed by atoms with Crippen molar-refractivity contribution in [3.05, 3.63) is 24.0 Å². The molecule has 3 rings (SSSR count). The fourth-order valence-electron chi connectivity index (χ4n) is 2.71. The topological polar surface area (TPSA) is 79.0 Å². The SMILES string of the molecule is CCOC(=O)c1cnc2[nH]ccc2c1N[C@H]1CCCNC1.Cl. The van der Waals surface area contributed by atoms with Gasteiger partial charge in [0.05, 0.1) is 12.3 Å². The minimum absolute atomic E-state index is 0. The molecule has 0 spiro atoms. The first kappa shape index (κ1) is 16.6. The number of carbonyl (C=O) groups is 1. The van der Waals surface area contributed by atoms with Gasteiger partial charge < -0.3 is 20.4 Å². The first-order valence-electron chi connectivity index (χ1n) is 7.40. The standard InChI is InChI=1S/C15H20N4O2.ClH/c1-2-21-15(20)12-9-18-14-11(5-7-17-14)13(12)19-10-4-3-6-16-8-10;/h5,7,9-10,16H,2-4,6,8H2,1H3,(H2,17,18,19);1H/t10-;/m0./s1. The summed E-state index contributed by atoms with van der Waals surface area (Å²) in [6.07, 6.45) is 5.63. The largest absolute Gasteiger partial charge is 0.462 e. The van der Waals surface area contributed by atoms with Gasteiger partial charge in [0.2, 0.25) is 0 Å². The van der Waals surface area contributed by atoms with Gasteiger partial charge in [0, 0.05) is 30.4 Å². The predicted molar refractivity (Wildman–Crippen MR) is 88.8 cm³/mol. The minimum Gasteiger partial charge on any atom is -0.462 e. The number of hydrogen-bond donors (Lipinski definition) is 3. The van der Waals surface area contributed by atoms with Crippen molar-refractivity contribution in [2.45, 2.75) is 25.8 Å². The zero-order valence-electron chi connectivity index (χ0n) is 12.5. The Labute approximate surface area is 135 Å². The maximum absolute atomic E-state index is 12.1. The van der Waals surface area contributed by atoms with E-state index in [0.29, 0.717) is 18.2 Å². The monoisotopic (exact) mass is 324 g/mol. The number of anilines is 1. The Morgan fingerprint density at radius 1 is 1.55 bits per heavy atom. The summed E-state index contributed by atoms with van der Waals surface area (Å²) < 4.78 is 5.14. The highest BCUT2D eigenvalue weighted by atomic mass is 35.5. The van der Waals surface area contributed by atoms with Crippen molar-refractivity contribution in [3.8, 4) is 0 Å². The van der Waals surface area contributed by atoms with E-state index in [1.54, 1.807) is 13.1 Å². The van der Waals surface area contributed by atoms with Crippen LogP contribution in [-0.4, -0.2) is 41.7 Å². The van der Waals surface area contributed by atoms with E-state index in [2.05, 4.69) is 20.6 Å². The molecule has 7 heteroatoms. The molecule has 1 fully saturated rings. The van der Waals surface area contributed by atoms with Crippen molar-refractivity contribution >= 4 is 35.1 Å². The molecule has 1 aliphatic heterocycles. The van der Waals surface area contributed by atoms with Gasteiger partial charge in [0.25, 0.3) is 0 Å². The van der Waals surface area contributed by atoms with Crippen molar-refractivity contribution in [1.29, 1.82) is 0 Å². The van der Waals surface area contributed by atoms with Crippen LogP contribution in [0.2, 0.25) is 0 Å². The smallest absolute Gasteiger partial charge is 0.341 e. The molecule has 1 aliphatic rings. The van der Waals surface area contributed by atoms with Crippen LogP contribution in [0.25, 0.3) is 11.0 Å².